The van der Waals surface area contributed by atoms with E-state index in [1.165, 1.54) is 35.9 Å². The number of nitrogens with one attached hydrogen (secondary N) is 1. The van der Waals surface area contributed by atoms with Crippen molar-refractivity contribution in [3.8, 4) is 11.1 Å². The van der Waals surface area contributed by atoms with E-state index < -0.39 is 17.3 Å². The number of carbonyl (C=O) groups excluding carboxylic acids is 1. The molecule has 2 aromatic carbocycles. The Balaban J connectivity index is 1.82. The lowest BCUT2D eigenvalue weighted by Crippen LogP contribution is -2.33. The average molecular weight is 379 g/mol. The first-order chi connectivity index (χ1) is 13.1. The van der Waals surface area contributed by atoms with Gasteiger partial charge in [0.25, 0.3) is 11.5 Å². The number of thiophene rings is 1. The van der Waals surface area contributed by atoms with Crippen molar-refractivity contribution in [3.63, 3.8) is 0 Å². The lowest BCUT2D eigenvalue weighted by atomic mass is 10.0. The summed E-state index contributed by atoms with van der Waals surface area (Å²) >= 11 is 1.42. The third-order valence-electron chi connectivity index (χ3n) is 4.19. The fraction of sp³-hybridized carbons (Fsp3) is 0.0500. The van der Waals surface area contributed by atoms with E-state index in [1.807, 2.05) is 37.3 Å². The predicted octanol–water partition coefficient (Wildman–Crippen LogP) is 3.96. The van der Waals surface area contributed by atoms with E-state index in [4.69, 9.17) is 0 Å². The van der Waals surface area contributed by atoms with Gasteiger partial charge in [-0.05, 0) is 24.6 Å². The lowest BCUT2D eigenvalue weighted by Gasteiger charge is -2.09. The van der Waals surface area contributed by atoms with E-state index in [9.17, 15) is 14.0 Å². The molecule has 1 amide bonds. The molecule has 1 N–H and O–H groups in total. The van der Waals surface area contributed by atoms with Crippen molar-refractivity contribution in [3.05, 3.63) is 87.5 Å². The highest BCUT2D eigenvalue weighted by Crippen LogP contribution is 2.35. The maximum absolute atomic E-state index is 13.8. The van der Waals surface area contributed by atoms with Crippen LogP contribution in [0, 0.1) is 12.7 Å². The first kappa shape index (κ1) is 17.1. The van der Waals surface area contributed by atoms with E-state index in [1.54, 1.807) is 6.07 Å². The molecule has 0 bridgehead atoms. The minimum Gasteiger partial charge on any atom is -0.267 e. The summed E-state index contributed by atoms with van der Waals surface area (Å²) in [6.45, 7) is 1.93. The SMILES string of the molecule is Cc1sc2ncn(NC(=O)c3ccccc3F)c(=O)c2c1-c1ccccc1. The van der Waals surface area contributed by atoms with Crippen molar-refractivity contribution >= 4 is 27.5 Å². The molecular formula is C20H14FN3O2S. The van der Waals surface area contributed by atoms with Gasteiger partial charge in [-0.3, -0.25) is 15.0 Å². The summed E-state index contributed by atoms with van der Waals surface area (Å²) in [6, 6.07) is 15.1. The molecule has 0 atom stereocenters. The molecule has 0 aliphatic rings. The van der Waals surface area contributed by atoms with Gasteiger partial charge in [0, 0.05) is 10.4 Å². The van der Waals surface area contributed by atoms with Gasteiger partial charge in [-0.15, -0.1) is 11.3 Å². The zero-order chi connectivity index (χ0) is 19.0. The van der Waals surface area contributed by atoms with Gasteiger partial charge in [-0.2, -0.15) is 0 Å². The van der Waals surface area contributed by atoms with Crippen LogP contribution in [0.4, 0.5) is 4.39 Å². The van der Waals surface area contributed by atoms with Gasteiger partial charge in [-0.1, -0.05) is 42.5 Å². The normalized spacial score (nSPS) is 10.9. The Bertz CT molecular complexity index is 1220. The van der Waals surface area contributed by atoms with E-state index in [0.717, 1.165) is 20.7 Å². The van der Waals surface area contributed by atoms with Crippen LogP contribution in [0.5, 0.6) is 0 Å². The quantitative estimate of drug-likeness (QED) is 0.586. The molecule has 2 aromatic heterocycles. The number of aryl methyl sites for hydroxylation is 1. The second-order valence-electron chi connectivity index (χ2n) is 5.92. The number of hydrogen-bond acceptors (Lipinski definition) is 4. The van der Waals surface area contributed by atoms with Crippen molar-refractivity contribution in [2.24, 2.45) is 0 Å². The van der Waals surface area contributed by atoms with Crippen molar-refractivity contribution in [1.82, 2.24) is 9.66 Å². The second kappa shape index (κ2) is 6.77. The van der Waals surface area contributed by atoms with Crippen molar-refractivity contribution in [1.29, 1.82) is 0 Å². The summed E-state index contributed by atoms with van der Waals surface area (Å²) < 4.78 is 14.8. The number of aromatic nitrogens is 2. The van der Waals surface area contributed by atoms with E-state index >= 15 is 0 Å². The molecule has 0 radical (unpaired) electrons. The van der Waals surface area contributed by atoms with Crippen LogP contribution in [0.25, 0.3) is 21.3 Å². The van der Waals surface area contributed by atoms with Crippen molar-refractivity contribution in [2.45, 2.75) is 6.92 Å². The highest BCUT2D eigenvalue weighted by atomic mass is 32.1. The molecule has 5 nitrogen and oxygen atoms in total. The third-order valence-corrected chi connectivity index (χ3v) is 5.20. The Morgan fingerprint density at radius 1 is 1.11 bits per heavy atom. The maximum Gasteiger partial charge on any atom is 0.281 e. The topological polar surface area (TPSA) is 64.0 Å². The largest absolute Gasteiger partial charge is 0.281 e. The molecular weight excluding hydrogens is 365 g/mol. The number of fused-ring (bicyclic) bond motifs is 1. The van der Waals surface area contributed by atoms with Crippen LogP contribution in [0.1, 0.15) is 15.2 Å². The third kappa shape index (κ3) is 3.02. The molecule has 4 aromatic rings. The van der Waals surface area contributed by atoms with Gasteiger partial charge in [0.2, 0.25) is 0 Å². The van der Waals surface area contributed by atoms with Gasteiger partial charge in [0.1, 0.15) is 17.0 Å². The standard InChI is InChI=1S/C20H14FN3O2S/c1-12-16(13-7-3-2-4-8-13)17-19(27-12)22-11-24(20(17)26)23-18(25)14-9-5-6-10-15(14)21/h2-11H,1H3,(H,23,25). The summed E-state index contributed by atoms with van der Waals surface area (Å²) in [6.07, 6.45) is 1.24. The molecule has 0 unspecified atom stereocenters. The summed E-state index contributed by atoms with van der Waals surface area (Å²) in [5.41, 5.74) is 3.56. The average Bonchev–Trinajstić information content (AvgIpc) is 3.02. The Morgan fingerprint density at radius 3 is 2.56 bits per heavy atom. The van der Waals surface area contributed by atoms with Gasteiger partial charge in [0.15, 0.2) is 0 Å². The summed E-state index contributed by atoms with van der Waals surface area (Å²) in [5.74, 6) is -1.38. The summed E-state index contributed by atoms with van der Waals surface area (Å²) in [5, 5.41) is 0.431. The predicted molar refractivity (Wildman–Crippen MR) is 104 cm³/mol. The van der Waals surface area contributed by atoms with E-state index in [2.05, 4.69) is 10.4 Å². The number of benzene rings is 2. The fourth-order valence-electron chi connectivity index (χ4n) is 2.95. The number of halogens is 1. The molecule has 27 heavy (non-hydrogen) atoms. The smallest absolute Gasteiger partial charge is 0.267 e. The minimum atomic E-state index is -0.718. The van der Waals surface area contributed by atoms with E-state index in [0.29, 0.717) is 10.2 Å². The number of rotatable bonds is 3. The van der Waals surface area contributed by atoms with Gasteiger partial charge in [-0.25, -0.2) is 14.1 Å². The molecule has 0 aliphatic heterocycles. The minimum absolute atomic E-state index is 0.144. The molecule has 2 heterocycles. The molecule has 0 aliphatic carbocycles. The van der Waals surface area contributed by atoms with Crippen LogP contribution in [-0.4, -0.2) is 15.6 Å². The van der Waals surface area contributed by atoms with Crippen LogP contribution in [0.15, 0.2) is 65.7 Å². The number of hydrogen-bond donors (Lipinski definition) is 1. The number of nitrogens with zero attached hydrogens (tertiary/aromatic N) is 2. The highest BCUT2D eigenvalue weighted by Gasteiger charge is 2.18. The molecule has 0 fully saturated rings. The second-order valence-corrected chi connectivity index (χ2v) is 7.12. The molecule has 4 rings (SSSR count). The zero-order valence-electron chi connectivity index (χ0n) is 14.3. The zero-order valence-corrected chi connectivity index (χ0v) is 15.1. The number of amides is 1. The van der Waals surface area contributed by atoms with Crippen LogP contribution < -0.4 is 11.0 Å². The monoisotopic (exact) mass is 379 g/mol. The Kier molecular flexibility index (Phi) is 4.29. The number of carbonyl (C=O) groups is 1. The Morgan fingerprint density at radius 2 is 1.81 bits per heavy atom. The fourth-order valence-corrected chi connectivity index (χ4v) is 3.95. The first-order valence-corrected chi connectivity index (χ1v) is 9.00. The molecule has 0 saturated heterocycles. The van der Waals surface area contributed by atoms with Crippen LogP contribution >= 0.6 is 11.3 Å². The molecule has 7 heteroatoms. The van der Waals surface area contributed by atoms with Crippen LogP contribution in [0.2, 0.25) is 0 Å². The highest BCUT2D eigenvalue weighted by molar-refractivity contribution is 7.19. The van der Waals surface area contributed by atoms with Crippen LogP contribution in [0.3, 0.4) is 0 Å². The lowest BCUT2D eigenvalue weighted by molar-refractivity contribution is 0.100. The van der Waals surface area contributed by atoms with Crippen molar-refractivity contribution in [2.75, 3.05) is 5.43 Å². The molecule has 0 spiro atoms. The van der Waals surface area contributed by atoms with Gasteiger partial charge < -0.3 is 0 Å². The van der Waals surface area contributed by atoms with Crippen molar-refractivity contribution < 1.29 is 9.18 Å². The van der Waals surface area contributed by atoms with E-state index in [-0.39, 0.29) is 5.56 Å². The first-order valence-electron chi connectivity index (χ1n) is 8.18. The maximum atomic E-state index is 13.8. The molecule has 134 valence electrons. The van der Waals surface area contributed by atoms with Gasteiger partial charge >= 0.3 is 0 Å². The Hall–Kier alpha value is -3.32. The summed E-state index contributed by atoms with van der Waals surface area (Å²) in [7, 11) is 0. The van der Waals surface area contributed by atoms with Gasteiger partial charge in [0.05, 0.1) is 10.9 Å². The Labute approximate surface area is 157 Å². The molecule has 0 saturated carbocycles. The summed E-state index contributed by atoms with van der Waals surface area (Å²) in [4.78, 5) is 31.2. The van der Waals surface area contributed by atoms with Crippen LogP contribution in [-0.2, 0) is 0 Å².